The average molecular weight is 302 g/mol. The van der Waals surface area contributed by atoms with Crippen molar-refractivity contribution in [1.29, 1.82) is 0 Å². The number of aromatic nitrogens is 3. The summed E-state index contributed by atoms with van der Waals surface area (Å²) in [6.07, 6.45) is 4.11. The molecule has 0 radical (unpaired) electrons. The van der Waals surface area contributed by atoms with Gasteiger partial charge in [-0.05, 0) is 12.5 Å². The Labute approximate surface area is 128 Å². The molecule has 3 rings (SSSR count). The highest BCUT2D eigenvalue weighted by atomic mass is 16.5. The molecule has 1 fully saturated rings. The molecule has 0 saturated carbocycles. The van der Waals surface area contributed by atoms with E-state index < -0.39 is 0 Å². The van der Waals surface area contributed by atoms with Crippen LogP contribution in [0.1, 0.15) is 34.0 Å². The van der Waals surface area contributed by atoms with Crippen molar-refractivity contribution < 1.29 is 14.3 Å². The van der Waals surface area contributed by atoms with Crippen molar-refractivity contribution in [3.05, 3.63) is 41.3 Å². The lowest BCUT2D eigenvalue weighted by Crippen LogP contribution is -2.24. The fraction of sp³-hybridized carbons (Fsp3) is 0.400. The van der Waals surface area contributed by atoms with Gasteiger partial charge in [-0.2, -0.15) is 5.10 Å². The van der Waals surface area contributed by atoms with E-state index in [-0.39, 0.29) is 11.8 Å². The first-order chi connectivity index (χ1) is 10.8. The van der Waals surface area contributed by atoms with Crippen LogP contribution in [0.2, 0.25) is 0 Å². The summed E-state index contributed by atoms with van der Waals surface area (Å²) in [5, 5.41) is 9.80. The molecule has 3 heterocycles. The van der Waals surface area contributed by atoms with E-state index in [4.69, 9.17) is 9.47 Å². The van der Waals surface area contributed by atoms with Gasteiger partial charge in [0.25, 0.3) is 5.91 Å². The minimum Gasteiger partial charge on any atom is -0.481 e. The van der Waals surface area contributed by atoms with Crippen molar-refractivity contribution in [3.8, 4) is 5.88 Å². The molecule has 1 atom stereocenters. The molecule has 2 aromatic heterocycles. The van der Waals surface area contributed by atoms with E-state index in [1.165, 1.54) is 0 Å². The second-order valence-corrected chi connectivity index (χ2v) is 5.11. The van der Waals surface area contributed by atoms with Crippen LogP contribution in [0.3, 0.4) is 0 Å². The smallest absolute Gasteiger partial charge is 0.255 e. The van der Waals surface area contributed by atoms with Crippen LogP contribution in [-0.4, -0.2) is 41.4 Å². The van der Waals surface area contributed by atoms with Gasteiger partial charge in [0.2, 0.25) is 5.88 Å². The fourth-order valence-corrected chi connectivity index (χ4v) is 2.56. The lowest BCUT2D eigenvalue weighted by molar-refractivity contribution is 0.0949. The van der Waals surface area contributed by atoms with E-state index in [1.807, 2.05) is 12.1 Å². The number of aromatic amines is 1. The van der Waals surface area contributed by atoms with Gasteiger partial charge in [-0.15, -0.1) is 0 Å². The van der Waals surface area contributed by atoms with Gasteiger partial charge < -0.3 is 14.8 Å². The maximum absolute atomic E-state index is 12.4. The van der Waals surface area contributed by atoms with Crippen LogP contribution in [0.4, 0.5) is 0 Å². The molecule has 7 nitrogen and oxygen atoms in total. The zero-order chi connectivity index (χ0) is 15.4. The molecule has 0 aliphatic carbocycles. The van der Waals surface area contributed by atoms with Crippen LogP contribution in [0.15, 0.2) is 24.5 Å². The summed E-state index contributed by atoms with van der Waals surface area (Å²) < 4.78 is 10.5. The topological polar surface area (TPSA) is 89.1 Å². The molecule has 116 valence electrons. The number of pyridine rings is 1. The second-order valence-electron chi connectivity index (χ2n) is 5.11. The summed E-state index contributed by atoms with van der Waals surface area (Å²) in [6.45, 7) is 1.69. The fourth-order valence-electron chi connectivity index (χ4n) is 2.56. The normalized spacial score (nSPS) is 17.4. The summed E-state index contributed by atoms with van der Waals surface area (Å²) in [7, 11) is 1.56. The molecule has 0 bridgehead atoms. The lowest BCUT2D eigenvalue weighted by Gasteiger charge is -2.10. The van der Waals surface area contributed by atoms with Crippen molar-refractivity contribution in [2.24, 2.45) is 0 Å². The molecule has 1 saturated heterocycles. The quantitative estimate of drug-likeness (QED) is 0.867. The first-order valence-electron chi connectivity index (χ1n) is 7.16. The van der Waals surface area contributed by atoms with Crippen LogP contribution in [0, 0.1) is 0 Å². The molecule has 22 heavy (non-hydrogen) atoms. The third kappa shape index (κ3) is 2.94. The molecule has 2 aromatic rings. The van der Waals surface area contributed by atoms with Gasteiger partial charge >= 0.3 is 0 Å². The Morgan fingerprint density at radius 1 is 1.59 bits per heavy atom. The Bertz CT molecular complexity index is 650. The van der Waals surface area contributed by atoms with Crippen molar-refractivity contribution in [2.75, 3.05) is 20.3 Å². The van der Waals surface area contributed by atoms with E-state index >= 15 is 0 Å². The van der Waals surface area contributed by atoms with Gasteiger partial charge in [-0.1, -0.05) is 6.07 Å². The van der Waals surface area contributed by atoms with E-state index in [0.29, 0.717) is 24.6 Å². The number of amides is 1. The molecule has 0 aromatic carbocycles. The van der Waals surface area contributed by atoms with Crippen LogP contribution in [-0.2, 0) is 11.3 Å². The zero-order valence-corrected chi connectivity index (χ0v) is 12.3. The number of ether oxygens (including phenoxy) is 2. The Kier molecular flexibility index (Phi) is 4.34. The number of nitrogens with zero attached hydrogens (tertiary/aromatic N) is 2. The number of carbonyl (C=O) groups is 1. The van der Waals surface area contributed by atoms with Gasteiger partial charge in [0.05, 0.1) is 31.2 Å². The van der Waals surface area contributed by atoms with Gasteiger partial charge in [0.1, 0.15) is 0 Å². The van der Waals surface area contributed by atoms with Crippen LogP contribution in [0.25, 0.3) is 0 Å². The predicted molar refractivity (Wildman–Crippen MR) is 78.7 cm³/mol. The molecule has 0 spiro atoms. The van der Waals surface area contributed by atoms with Crippen molar-refractivity contribution >= 4 is 5.91 Å². The Hall–Kier alpha value is -2.41. The summed E-state index contributed by atoms with van der Waals surface area (Å²) in [5.74, 6) is 0.553. The Morgan fingerprint density at radius 3 is 3.27 bits per heavy atom. The highest BCUT2D eigenvalue weighted by Gasteiger charge is 2.25. The number of H-pyrrole nitrogens is 1. The van der Waals surface area contributed by atoms with Gasteiger partial charge in [-0.3, -0.25) is 9.89 Å². The molecular formula is C15H18N4O3. The minimum atomic E-state index is -0.165. The van der Waals surface area contributed by atoms with E-state index in [2.05, 4.69) is 20.5 Å². The highest BCUT2D eigenvalue weighted by Crippen LogP contribution is 2.26. The molecule has 2 N–H and O–H groups in total. The molecule has 0 unspecified atom stereocenters. The average Bonchev–Trinajstić information content (AvgIpc) is 3.23. The summed E-state index contributed by atoms with van der Waals surface area (Å²) >= 11 is 0. The highest BCUT2D eigenvalue weighted by molar-refractivity contribution is 5.95. The molecule has 1 aliphatic heterocycles. The third-order valence-corrected chi connectivity index (χ3v) is 3.73. The van der Waals surface area contributed by atoms with Crippen LogP contribution in [0.5, 0.6) is 5.88 Å². The number of rotatable bonds is 5. The molecule has 7 heteroatoms. The molecule has 1 amide bonds. The number of nitrogens with one attached hydrogen (secondary N) is 2. The van der Waals surface area contributed by atoms with Crippen LogP contribution < -0.4 is 10.1 Å². The third-order valence-electron chi connectivity index (χ3n) is 3.73. The second kappa shape index (κ2) is 6.57. The maximum Gasteiger partial charge on any atom is 0.255 e. The minimum absolute atomic E-state index is 0.165. The lowest BCUT2D eigenvalue weighted by atomic mass is 10.0. The Morgan fingerprint density at radius 2 is 2.50 bits per heavy atom. The number of carbonyl (C=O) groups excluding carboxylic acids is 1. The van der Waals surface area contributed by atoms with Gasteiger partial charge in [0.15, 0.2) is 0 Å². The molecular weight excluding hydrogens is 284 g/mol. The van der Waals surface area contributed by atoms with Crippen molar-refractivity contribution in [3.63, 3.8) is 0 Å². The SMILES string of the molecule is COc1ncccc1CNC(=O)c1cn[nH]c1[C@H]1CCOC1. The van der Waals surface area contributed by atoms with Crippen molar-refractivity contribution in [2.45, 2.75) is 18.9 Å². The van der Waals surface area contributed by atoms with Crippen LogP contribution >= 0.6 is 0 Å². The van der Waals surface area contributed by atoms with E-state index in [1.54, 1.807) is 19.5 Å². The largest absolute Gasteiger partial charge is 0.481 e. The van der Waals surface area contributed by atoms with Crippen molar-refractivity contribution in [1.82, 2.24) is 20.5 Å². The predicted octanol–water partition coefficient (Wildman–Crippen LogP) is 1.25. The number of hydrogen-bond donors (Lipinski definition) is 2. The van der Waals surface area contributed by atoms with Gasteiger partial charge in [0, 0.05) is 30.8 Å². The first-order valence-corrected chi connectivity index (χ1v) is 7.16. The Balaban J connectivity index is 1.69. The van der Waals surface area contributed by atoms with Gasteiger partial charge in [-0.25, -0.2) is 4.98 Å². The molecule has 1 aliphatic rings. The zero-order valence-electron chi connectivity index (χ0n) is 12.3. The maximum atomic E-state index is 12.4. The monoisotopic (exact) mass is 302 g/mol. The number of hydrogen-bond acceptors (Lipinski definition) is 5. The summed E-state index contributed by atoms with van der Waals surface area (Å²) in [5.41, 5.74) is 2.24. The standard InChI is InChI=1S/C15H18N4O3/c1-21-15-10(3-2-5-16-15)7-17-14(20)12-8-18-19-13(12)11-4-6-22-9-11/h2-3,5,8,11H,4,6-7,9H2,1H3,(H,17,20)(H,18,19)/t11-/m0/s1. The number of methoxy groups -OCH3 is 1. The van der Waals surface area contributed by atoms with E-state index in [9.17, 15) is 4.79 Å². The summed E-state index contributed by atoms with van der Waals surface area (Å²) in [4.78, 5) is 16.5. The summed E-state index contributed by atoms with van der Waals surface area (Å²) in [6, 6.07) is 3.68. The van der Waals surface area contributed by atoms with E-state index in [0.717, 1.165) is 24.3 Å². The first kappa shape index (κ1) is 14.5.